The van der Waals surface area contributed by atoms with Crippen LogP contribution in [0.1, 0.15) is 0 Å². The summed E-state index contributed by atoms with van der Waals surface area (Å²) in [6.07, 6.45) is -12.1. The van der Waals surface area contributed by atoms with E-state index in [9.17, 15) is 43.0 Å². The average Bonchev–Trinajstić information content (AvgIpc) is 1.95. The predicted molar refractivity (Wildman–Crippen MR) is 31.4 cm³/mol. The molecule has 0 heterocycles. The zero-order chi connectivity index (χ0) is 13.4. The van der Waals surface area contributed by atoms with Crippen LogP contribution in [0.5, 0.6) is 0 Å². The van der Waals surface area contributed by atoms with Crippen LogP contribution in [0.4, 0.5) is 34.6 Å². The van der Waals surface area contributed by atoms with E-state index in [2.05, 4.69) is 0 Å². The molecule has 0 atom stereocenters. The quantitative estimate of drug-likeness (QED) is 0.589. The molecular weight excluding hydrogens is 280 g/mol. The zero-order valence-corrected chi connectivity index (χ0v) is 7.47. The molecule has 0 unspecified atom stereocenters. The monoisotopic (exact) mass is 280 g/mol. The van der Waals surface area contributed by atoms with Crippen molar-refractivity contribution in [2.45, 2.75) is 12.3 Å². The van der Waals surface area contributed by atoms with Gasteiger partial charge in [-0.1, -0.05) is 3.89 Å². The van der Waals surface area contributed by atoms with Gasteiger partial charge in [0.2, 0.25) is 11.7 Å². The highest BCUT2D eigenvalue weighted by Gasteiger charge is 2.51. The van der Waals surface area contributed by atoms with Crippen LogP contribution in [0.15, 0.2) is 11.7 Å². The number of rotatable bonds is 3. The summed E-state index contributed by atoms with van der Waals surface area (Å²) in [5, 5.41) is 0. The Hall–Kier alpha value is -0.910. The minimum absolute atomic E-state index is 2.00. The van der Waals surface area contributed by atoms with Crippen molar-refractivity contribution < 1.29 is 47.2 Å². The van der Waals surface area contributed by atoms with Gasteiger partial charge < -0.3 is 0 Å². The minimum atomic E-state index is -6.46. The van der Waals surface area contributed by atoms with Crippen LogP contribution in [0.3, 0.4) is 0 Å². The van der Waals surface area contributed by atoms with E-state index in [1.54, 1.807) is 0 Å². The van der Waals surface area contributed by atoms with Gasteiger partial charge in [-0.05, 0) is 0 Å². The molecule has 0 aliphatic heterocycles. The molecule has 12 heteroatoms. The molecule has 0 N–H and O–H groups in total. The Labute approximate surface area is 82.7 Å². The van der Waals surface area contributed by atoms with Crippen molar-refractivity contribution in [1.82, 2.24) is 0 Å². The van der Waals surface area contributed by atoms with E-state index >= 15 is 0 Å². The van der Waals surface area contributed by atoms with Crippen LogP contribution < -0.4 is 0 Å². The topological polar surface area (TPSA) is 43.4 Å². The molecule has 0 saturated heterocycles. The number of allylic oxidation sites excluding steroid dienone is 1. The standard InChI is InChI=1S/C4F8O3S/c5-1(3(7,8)9)2(6)4(10,11)15-16(12,13)14. The van der Waals surface area contributed by atoms with Crippen LogP contribution in [-0.4, -0.2) is 20.7 Å². The van der Waals surface area contributed by atoms with Crippen molar-refractivity contribution in [2.24, 2.45) is 0 Å². The normalized spacial score (nSPS) is 16.0. The van der Waals surface area contributed by atoms with Gasteiger partial charge in [0.25, 0.3) is 0 Å². The molecule has 0 amide bonds. The van der Waals surface area contributed by atoms with E-state index in [-0.39, 0.29) is 0 Å². The van der Waals surface area contributed by atoms with Gasteiger partial charge in [-0.2, -0.15) is 43.3 Å². The first-order chi connectivity index (χ1) is 6.77. The Bertz CT molecular complexity index is 392. The Morgan fingerprint density at radius 3 is 1.56 bits per heavy atom. The number of hydrogen-bond donors (Lipinski definition) is 0. The van der Waals surface area contributed by atoms with Crippen molar-refractivity contribution in [2.75, 3.05) is 0 Å². The highest BCUT2D eigenvalue weighted by Crippen LogP contribution is 2.38. The SMILES string of the molecule is O=S(=O)(F)OC(F)(F)C(F)=C(F)C(F)(F)F. The van der Waals surface area contributed by atoms with E-state index in [0.717, 1.165) is 0 Å². The first-order valence-electron chi connectivity index (χ1n) is 2.93. The molecule has 0 radical (unpaired) electrons. The van der Waals surface area contributed by atoms with E-state index in [4.69, 9.17) is 0 Å². The van der Waals surface area contributed by atoms with Gasteiger partial charge in [0.1, 0.15) is 0 Å². The summed E-state index contributed by atoms with van der Waals surface area (Å²) in [6, 6.07) is 0. The largest absolute Gasteiger partial charge is 0.445 e. The second-order valence-electron chi connectivity index (χ2n) is 2.12. The molecule has 0 aromatic rings. The second-order valence-corrected chi connectivity index (χ2v) is 3.07. The van der Waals surface area contributed by atoms with Crippen molar-refractivity contribution in [1.29, 1.82) is 0 Å². The first-order valence-corrected chi connectivity index (χ1v) is 4.24. The third-order valence-electron chi connectivity index (χ3n) is 0.901. The van der Waals surface area contributed by atoms with Crippen LogP contribution in [-0.2, 0) is 14.7 Å². The summed E-state index contributed by atoms with van der Waals surface area (Å²) in [5.41, 5.74) is 0. The Kier molecular flexibility index (Phi) is 3.92. The summed E-state index contributed by atoms with van der Waals surface area (Å²) < 4.78 is 115. The Morgan fingerprint density at radius 1 is 0.938 bits per heavy atom. The highest BCUT2D eigenvalue weighted by molar-refractivity contribution is 7.81. The average molecular weight is 280 g/mol. The molecule has 3 nitrogen and oxygen atoms in total. The van der Waals surface area contributed by atoms with Gasteiger partial charge in [0.05, 0.1) is 0 Å². The smallest absolute Gasteiger partial charge is 0.199 e. The van der Waals surface area contributed by atoms with E-state index in [1.165, 1.54) is 0 Å². The fourth-order valence-corrected chi connectivity index (χ4v) is 0.737. The molecule has 0 bridgehead atoms. The van der Waals surface area contributed by atoms with Crippen LogP contribution in [0.2, 0.25) is 0 Å². The van der Waals surface area contributed by atoms with E-state index in [0.29, 0.717) is 0 Å². The van der Waals surface area contributed by atoms with Crippen molar-refractivity contribution in [3.8, 4) is 0 Å². The van der Waals surface area contributed by atoms with E-state index < -0.39 is 34.4 Å². The third-order valence-corrected chi connectivity index (χ3v) is 1.31. The number of alkyl halides is 5. The van der Waals surface area contributed by atoms with Crippen molar-refractivity contribution in [3.63, 3.8) is 0 Å². The lowest BCUT2D eigenvalue weighted by molar-refractivity contribution is -0.169. The molecule has 16 heavy (non-hydrogen) atoms. The number of hydrogen-bond acceptors (Lipinski definition) is 3. The van der Waals surface area contributed by atoms with Gasteiger partial charge in [0, 0.05) is 0 Å². The summed E-state index contributed by atoms with van der Waals surface area (Å²) in [4.78, 5) is 0. The highest BCUT2D eigenvalue weighted by atomic mass is 32.3. The lowest BCUT2D eigenvalue weighted by Crippen LogP contribution is -2.27. The van der Waals surface area contributed by atoms with Gasteiger partial charge in [-0.3, -0.25) is 0 Å². The Balaban J connectivity index is 5.34. The van der Waals surface area contributed by atoms with Gasteiger partial charge in [-0.15, -0.1) is 0 Å². The second kappa shape index (κ2) is 4.16. The molecular formula is C4F8O3S. The molecule has 0 spiro atoms. The molecule has 0 aromatic heterocycles. The maximum Gasteiger partial charge on any atom is 0.445 e. The molecule has 0 saturated carbocycles. The first kappa shape index (κ1) is 15.1. The van der Waals surface area contributed by atoms with Crippen molar-refractivity contribution in [3.05, 3.63) is 11.7 Å². The molecule has 0 aromatic carbocycles. The predicted octanol–water partition coefficient (Wildman–Crippen LogP) is 2.52. The minimum Gasteiger partial charge on any atom is -0.199 e. The van der Waals surface area contributed by atoms with Crippen LogP contribution in [0, 0.1) is 0 Å². The summed E-state index contributed by atoms with van der Waals surface area (Å²) in [5.74, 6) is -7.83. The molecule has 0 rings (SSSR count). The summed E-state index contributed by atoms with van der Waals surface area (Å²) in [7, 11) is -6.46. The lowest BCUT2D eigenvalue weighted by Gasteiger charge is -2.12. The Morgan fingerprint density at radius 2 is 1.31 bits per heavy atom. The summed E-state index contributed by atoms with van der Waals surface area (Å²) in [6.45, 7) is 0. The van der Waals surface area contributed by atoms with Crippen LogP contribution in [0.25, 0.3) is 0 Å². The lowest BCUT2D eigenvalue weighted by atomic mass is 10.4. The van der Waals surface area contributed by atoms with Gasteiger partial charge >= 0.3 is 22.8 Å². The van der Waals surface area contributed by atoms with Crippen molar-refractivity contribution >= 4 is 10.5 Å². The maximum atomic E-state index is 12.1. The molecule has 0 aliphatic carbocycles. The van der Waals surface area contributed by atoms with Gasteiger partial charge in [-0.25, -0.2) is 0 Å². The fourth-order valence-electron chi connectivity index (χ4n) is 0.414. The third kappa shape index (κ3) is 4.30. The molecule has 0 aliphatic rings. The molecule has 96 valence electrons. The van der Waals surface area contributed by atoms with E-state index in [1.807, 2.05) is 4.18 Å². The molecule has 0 fully saturated rings. The fraction of sp³-hybridized carbons (Fsp3) is 0.500. The zero-order valence-electron chi connectivity index (χ0n) is 6.66. The number of halogens is 8. The summed E-state index contributed by atoms with van der Waals surface area (Å²) >= 11 is 0. The van der Waals surface area contributed by atoms with Crippen LogP contribution >= 0.6 is 0 Å². The van der Waals surface area contributed by atoms with Gasteiger partial charge in [0.15, 0.2) is 0 Å². The maximum absolute atomic E-state index is 12.1.